The van der Waals surface area contributed by atoms with E-state index in [0.717, 1.165) is 4.47 Å². The second-order valence-corrected chi connectivity index (χ2v) is 5.27. The van der Waals surface area contributed by atoms with E-state index in [0.29, 0.717) is 5.56 Å². The Bertz CT molecular complexity index is 366. The van der Waals surface area contributed by atoms with Crippen molar-refractivity contribution in [2.45, 2.75) is 25.4 Å². The molecule has 4 heteroatoms. The molecule has 1 atom stereocenters. The van der Waals surface area contributed by atoms with Gasteiger partial charge in [0.1, 0.15) is 5.82 Å². The van der Waals surface area contributed by atoms with Gasteiger partial charge in [-0.05, 0) is 46.1 Å². The molecule has 0 saturated carbocycles. The van der Waals surface area contributed by atoms with Crippen LogP contribution in [0.15, 0.2) is 22.7 Å². The van der Waals surface area contributed by atoms with E-state index in [1.165, 1.54) is 6.07 Å². The molecular weight excluding hydrogens is 271 g/mol. The van der Waals surface area contributed by atoms with E-state index in [2.05, 4.69) is 26.6 Å². The van der Waals surface area contributed by atoms with Gasteiger partial charge in [0.05, 0.1) is 6.04 Å². The maximum Gasteiger partial charge on any atom is 0.128 e. The van der Waals surface area contributed by atoms with Crippen molar-refractivity contribution in [2.75, 3.05) is 14.1 Å². The van der Waals surface area contributed by atoms with Crippen LogP contribution in [0.5, 0.6) is 0 Å². The molecule has 0 heterocycles. The third-order valence-electron chi connectivity index (χ3n) is 2.92. The minimum absolute atomic E-state index is 0.0880. The van der Waals surface area contributed by atoms with Gasteiger partial charge in [-0.15, -0.1) is 0 Å². The van der Waals surface area contributed by atoms with Gasteiger partial charge in [0.15, 0.2) is 0 Å². The monoisotopic (exact) mass is 288 g/mol. The van der Waals surface area contributed by atoms with Crippen LogP contribution in [-0.4, -0.2) is 19.6 Å². The zero-order valence-electron chi connectivity index (χ0n) is 10.1. The van der Waals surface area contributed by atoms with Gasteiger partial charge in [0, 0.05) is 15.6 Å². The molecule has 0 amide bonds. The molecule has 0 aromatic heterocycles. The lowest BCUT2D eigenvalue weighted by Crippen LogP contribution is -2.47. The average Bonchev–Trinajstić information content (AvgIpc) is 2.24. The molecular formula is C12H18BrFN2. The normalized spacial score (nSPS) is 13.9. The summed E-state index contributed by atoms with van der Waals surface area (Å²) in [6.45, 7) is 4.07. The van der Waals surface area contributed by atoms with Crippen molar-refractivity contribution in [1.82, 2.24) is 10.6 Å². The number of hydrogen-bond acceptors (Lipinski definition) is 2. The maximum atomic E-state index is 13.8. The van der Waals surface area contributed by atoms with E-state index in [9.17, 15) is 4.39 Å². The third kappa shape index (κ3) is 2.81. The van der Waals surface area contributed by atoms with Gasteiger partial charge < -0.3 is 10.6 Å². The Morgan fingerprint density at radius 1 is 1.31 bits per heavy atom. The first-order valence-electron chi connectivity index (χ1n) is 5.23. The fraction of sp³-hybridized carbons (Fsp3) is 0.500. The van der Waals surface area contributed by atoms with E-state index in [1.54, 1.807) is 6.07 Å². The van der Waals surface area contributed by atoms with Crippen LogP contribution in [-0.2, 0) is 0 Å². The van der Waals surface area contributed by atoms with Crippen LogP contribution in [0.3, 0.4) is 0 Å². The molecule has 90 valence electrons. The highest BCUT2D eigenvalue weighted by atomic mass is 79.9. The maximum absolute atomic E-state index is 13.8. The second kappa shape index (κ2) is 5.25. The lowest BCUT2D eigenvalue weighted by atomic mass is 9.88. The lowest BCUT2D eigenvalue weighted by Gasteiger charge is -2.34. The molecule has 1 aromatic carbocycles. The van der Waals surface area contributed by atoms with Crippen LogP contribution in [0.25, 0.3) is 0 Å². The Balaban J connectivity index is 3.18. The van der Waals surface area contributed by atoms with Gasteiger partial charge in [0.25, 0.3) is 0 Å². The highest BCUT2D eigenvalue weighted by molar-refractivity contribution is 9.10. The number of rotatable bonds is 4. The Morgan fingerprint density at radius 2 is 1.94 bits per heavy atom. The smallest absolute Gasteiger partial charge is 0.128 e. The Labute approximate surface area is 105 Å². The first kappa shape index (κ1) is 13.6. The molecule has 0 aliphatic heterocycles. The highest BCUT2D eigenvalue weighted by Crippen LogP contribution is 2.29. The Hall–Kier alpha value is -0.450. The second-order valence-electron chi connectivity index (χ2n) is 4.36. The summed E-state index contributed by atoms with van der Waals surface area (Å²) in [6, 6.07) is 4.92. The molecule has 1 rings (SSSR count). The quantitative estimate of drug-likeness (QED) is 0.890. The van der Waals surface area contributed by atoms with Crippen molar-refractivity contribution in [3.8, 4) is 0 Å². The molecule has 0 aliphatic rings. The molecule has 2 N–H and O–H groups in total. The standard InChI is InChI=1S/C12H18BrFN2/c1-12(2,16-4)11(15-3)9-7-8(13)5-6-10(9)14/h5-7,11,15-16H,1-4H3. The molecule has 0 radical (unpaired) electrons. The number of nitrogens with one attached hydrogen (secondary N) is 2. The van der Waals surface area contributed by atoms with Crippen molar-refractivity contribution in [2.24, 2.45) is 0 Å². The molecule has 1 aromatic rings. The first-order valence-corrected chi connectivity index (χ1v) is 6.03. The molecule has 16 heavy (non-hydrogen) atoms. The summed E-state index contributed by atoms with van der Waals surface area (Å²) in [4.78, 5) is 0. The average molecular weight is 289 g/mol. The van der Waals surface area contributed by atoms with E-state index in [4.69, 9.17) is 0 Å². The first-order chi connectivity index (χ1) is 7.42. The largest absolute Gasteiger partial charge is 0.313 e. The van der Waals surface area contributed by atoms with Crippen LogP contribution in [0.1, 0.15) is 25.5 Å². The highest BCUT2D eigenvalue weighted by Gasteiger charge is 2.29. The molecule has 2 nitrogen and oxygen atoms in total. The number of likely N-dealkylation sites (N-methyl/N-ethyl adjacent to an activating group) is 2. The molecule has 0 fully saturated rings. The van der Waals surface area contributed by atoms with Crippen molar-refractivity contribution < 1.29 is 4.39 Å². The van der Waals surface area contributed by atoms with Gasteiger partial charge in [-0.3, -0.25) is 0 Å². The van der Waals surface area contributed by atoms with E-state index in [-0.39, 0.29) is 17.4 Å². The zero-order valence-corrected chi connectivity index (χ0v) is 11.7. The van der Waals surface area contributed by atoms with Gasteiger partial charge >= 0.3 is 0 Å². The van der Waals surface area contributed by atoms with Gasteiger partial charge in [0.2, 0.25) is 0 Å². The van der Waals surface area contributed by atoms with Crippen molar-refractivity contribution in [3.05, 3.63) is 34.1 Å². The lowest BCUT2D eigenvalue weighted by molar-refractivity contribution is 0.304. The van der Waals surface area contributed by atoms with Crippen LogP contribution in [0.2, 0.25) is 0 Å². The molecule has 0 bridgehead atoms. The summed E-state index contributed by atoms with van der Waals surface area (Å²) in [5, 5.41) is 6.35. The number of halogens is 2. The van der Waals surface area contributed by atoms with Crippen LogP contribution in [0.4, 0.5) is 4.39 Å². The summed E-state index contributed by atoms with van der Waals surface area (Å²) in [6.07, 6.45) is 0. The molecule has 0 spiro atoms. The topological polar surface area (TPSA) is 24.1 Å². The fourth-order valence-electron chi connectivity index (χ4n) is 1.79. The summed E-state index contributed by atoms with van der Waals surface area (Å²) >= 11 is 3.37. The van der Waals surface area contributed by atoms with Gasteiger partial charge in [-0.2, -0.15) is 0 Å². The minimum atomic E-state index is -0.226. The summed E-state index contributed by atoms with van der Waals surface area (Å²) in [5.41, 5.74) is 0.437. The fourth-order valence-corrected chi connectivity index (χ4v) is 2.16. The summed E-state index contributed by atoms with van der Waals surface area (Å²) in [5.74, 6) is -0.189. The van der Waals surface area contributed by atoms with E-state index in [1.807, 2.05) is 34.0 Å². The third-order valence-corrected chi connectivity index (χ3v) is 3.42. The van der Waals surface area contributed by atoms with Crippen molar-refractivity contribution >= 4 is 15.9 Å². The van der Waals surface area contributed by atoms with E-state index < -0.39 is 0 Å². The van der Waals surface area contributed by atoms with Crippen molar-refractivity contribution in [1.29, 1.82) is 0 Å². The zero-order chi connectivity index (χ0) is 12.3. The summed E-state index contributed by atoms with van der Waals surface area (Å²) in [7, 11) is 3.71. The number of benzene rings is 1. The van der Waals surface area contributed by atoms with E-state index >= 15 is 0 Å². The molecule has 1 unspecified atom stereocenters. The predicted octanol–water partition coefficient (Wildman–Crippen LogP) is 2.85. The SMILES string of the molecule is CNC(c1cc(Br)ccc1F)C(C)(C)NC. The minimum Gasteiger partial charge on any atom is -0.313 e. The van der Waals surface area contributed by atoms with Crippen molar-refractivity contribution in [3.63, 3.8) is 0 Å². The Morgan fingerprint density at radius 3 is 2.44 bits per heavy atom. The van der Waals surface area contributed by atoms with Gasteiger partial charge in [-0.25, -0.2) is 4.39 Å². The Kier molecular flexibility index (Phi) is 4.47. The van der Waals surface area contributed by atoms with Crippen LogP contribution in [0, 0.1) is 5.82 Å². The molecule has 0 saturated heterocycles. The molecule has 0 aliphatic carbocycles. The summed E-state index contributed by atoms with van der Waals surface area (Å²) < 4.78 is 14.7. The van der Waals surface area contributed by atoms with Crippen LogP contribution < -0.4 is 10.6 Å². The predicted molar refractivity (Wildman–Crippen MR) is 69.0 cm³/mol. The number of hydrogen-bond donors (Lipinski definition) is 2. The van der Waals surface area contributed by atoms with Crippen LogP contribution >= 0.6 is 15.9 Å². The van der Waals surface area contributed by atoms with Gasteiger partial charge in [-0.1, -0.05) is 15.9 Å².